The van der Waals surface area contributed by atoms with E-state index in [4.69, 9.17) is 9.47 Å². The van der Waals surface area contributed by atoms with E-state index in [9.17, 15) is 38.3 Å². The molecule has 0 radical (unpaired) electrons. The highest BCUT2D eigenvalue weighted by atomic mass is 31.2. The van der Waals surface area contributed by atoms with Gasteiger partial charge in [0.15, 0.2) is 0 Å². The Hall–Kier alpha value is -1.58. The first-order valence-corrected chi connectivity index (χ1v) is 12.8. The fraction of sp³-hybridized carbons (Fsp3) is 0.556. The second kappa shape index (κ2) is 11.3. The number of ether oxygens (including phenoxy) is 2. The predicted molar refractivity (Wildman–Crippen MR) is 112 cm³/mol. The molecule has 13 heteroatoms. The van der Waals surface area contributed by atoms with Crippen molar-refractivity contribution in [3.8, 4) is 5.75 Å². The van der Waals surface area contributed by atoms with Crippen LogP contribution in [0.25, 0.3) is 0 Å². The second-order valence-corrected chi connectivity index (χ2v) is 11.0. The summed E-state index contributed by atoms with van der Waals surface area (Å²) in [5, 5.41) is -3.39. The van der Waals surface area contributed by atoms with Crippen LogP contribution in [-0.4, -0.2) is 61.6 Å². The molecule has 1 aromatic carbocycles. The van der Waals surface area contributed by atoms with Crippen molar-refractivity contribution in [3.63, 3.8) is 0 Å². The maximum Gasteiger partial charge on any atom is 0.381 e. The SMILES string of the molecule is CCCCCN(C)CCC(OC(=O)c1ccccc1OC(C)=O)(P(=O)(O)O)P(=O)(O)O. The molecule has 31 heavy (non-hydrogen) atoms. The Morgan fingerprint density at radius 1 is 1.03 bits per heavy atom. The van der Waals surface area contributed by atoms with Crippen LogP contribution in [0.15, 0.2) is 24.3 Å². The van der Waals surface area contributed by atoms with Crippen LogP contribution in [0.4, 0.5) is 0 Å². The number of rotatable bonds is 12. The van der Waals surface area contributed by atoms with Crippen molar-refractivity contribution in [2.75, 3.05) is 20.1 Å². The molecule has 0 spiro atoms. The molecule has 0 heterocycles. The molecule has 0 aliphatic heterocycles. The van der Waals surface area contributed by atoms with Crippen molar-refractivity contribution in [1.82, 2.24) is 4.90 Å². The van der Waals surface area contributed by atoms with Gasteiger partial charge in [-0.15, -0.1) is 0 Å². The van der Waals surface area contributed by atoms with Gasteiger partial charge in [0, 0.05) is 19.9 Å². The summed E-state index contributed by atoms with van der Waals surface area (Å²) in [7, 11) is -9.72. The Balaban J connectivity index is 3.27. The van der Waals surface area contributed by atoms with Crippen molar-refractivity contribution in [2.24, 2.45) is 0 Å². The Labute approximate surface area is 180 Å². The lowest BCUT2D eigenvalue weighted by Crippen LogP contribution is -2.39. The molecule has 4 N–H and O–H groups in total. The van der Waals surface area contributed by atoms with Crippen LogP contribution in [-0.2, 0) is 18.7 Å². The summed E-state index contributed by atoms with van der Waals surface area (Å²) in [5.41, 5.74) is -0.416. The lowest BCUT2D eigenvalue weighted by Gasteiger charge is -2.35. The third-order valence-corrected chi connectivity index (χ3v) is 8.50. The molecule has 0 bridgehead atoms. The molecule has 0 aliphatic carbocycles. The van der Waals surface area contributed by atoms with Gasteiger partial charge in [-0.1, -0.05) is 31.9 Å². The van der Waals surface area contributed by atoms with Gasteiger partial charge in [-0.05, 0) is 32.1 Å². The number of hydrogen-bond donors (Lipinski definition) is 4. The van der Waals surface area contributed by atoms with E-state index in [0.29, 0.717) is 6.54 Å². The average molecular weight is 481 g/mol. The molecule has 0 saturated carbocycles. The number of carbonyl (C=O) groups excluding carboxylic acids is 2. The number of carbonyl (C=O) groups is 2. The Kier molecular flexibility index (Phi) is 10.0. The zero-order valence-electron chi connectivity index (χ0n) is 17.6. The van der Waals surface area contributed by atoms with E-state index in [-0.39, 0.29) is 12.3 Å². The van der Waals surface area contributed by atoms with Gasteiger partial charge in [0.05, 0.1) is 0 Å². The minimum atomic E-state index is -5.67. The van der Waals surface area contributed by atoms with E-state index in [2.05, 4.69) is 0 Å². The number of para-hydroxylation sites is 1. The van der Waals surface area contributed by atoms with Gasteiger partial charge in [-0.2, -0.15) is 0 Å². The van der Waals surface area contributed by atoms with Crippen LogP contribution in [0.2, 0.25) is 0 Å². The Bertz CT molecular complexity index is 841. The lowest BCUT2D eigenvalue weighted by atomic mass is 10.2. The zero-order valence-corrected chi connectivity index (χ0v) is 19.4. The van der Waals surface area contributed by atoms with Crippen molar-refractivity contribution >= 4 is 27.1 Å². The standard InChI is InChI=1S/C18H29NO10P2/c1-4-5-8-12-19(3)13-11-18(30(22,23)24,31(25,26)27)29-17(21)15-9-6-7-10-16(15)28-14(2)20/h6-7,9-10H,4-5,8,11-13H2,1-3H3,(H2,22,23,24)(H2,25,26,27). The van der Waals surface area contributed by atoms with Gasteiger partial charge in [-0.25, -0.2) is 4.79 Å². The highest BCUT2D eigenvalue weighted by Crippen LogP contribution is 2.71. The first kappa shape index (κ1) is 27.5. The summed E-state index contributed by atoms with van der Waals surface area (Å²) in [6.45, 7) is 3.44. The van der Waals surface area contributed by atoms with E-state index in [0.717, 1.165) is 32.3 Å². The minimum absolute atomic E-state index is 0.154. The lowest BCUT2D eigenvalue weighted by molar-refractivity contribution is -0.131. The monoisotopic (exact) mass is 481 g/mol. The summed E-state index contributed by atoms with van der Waals surface area (Å²) in [4.78, 5) is 64.9. The summed E-state index contributed by atoms with van der Waals surface area (Å²) >= 11 is 0. The van der Waals surface area contributed by atoms with Gasteiger partial charge in [0.2, 0.25) is 0 Å². The molecule has 0 fully saturated rings. The molecule has 11 nitrogen and oxygen atoms in total. The van der Waals surface area contributed by atoms with Gasteiger partial charge in [0.1, 0.15) is 11.3 Å². The molecular formula is C18H29NO10P2. The van der Waals surface area contributed by atoms with Crippen LogP contribution in [0.3, 0.4) is 0 Å². The molecule has 0 saturated heterocycles. The molecular weight excluding hydrogens is 452 g/mol. The van der Waals surface area contributed by atoms with Crippen molar-refractivity contribution < 1.29 is 47.8 Å². The number of esters is 2. The summed E-state index contributed by atoms with van der Waals surface area (Å²) < 4.78 is 34.2. The summed E-state index contributed by atoms with van der Waals surface area (Å²) in [6, 6.07) is 5.17. The topological polar surface area (TPSA) is 171 Å². The van der Waals surface area contributed by atoms with E-state index < -0.39 is 44.2 Å². The van der Waals surface area contributed by atoms with Gasteiger partial charge in [0.25, 0.3) is 0 Å². The van der Waals surface area contributed by atoms with Crippen molar-refractivity contribution in [3.05, 3.63) is 29.8 Å². The molecule has 0 amide bonds. The van der Waals surface area contributed by atoms with E-state index in [1.807, 2.05) is 6.92 Å². The zero-order chi connectivity index (χ0) is 23.9. The summed E-state index contributed by atoms with van der Waals surface area (Å²) in [6.07, 6.45) is 1.82. The smallest absolute Gasteiger partial charge is 0.381 e. The molecule has 0 atom stereocenters. The number of nitrogens with zero attached hydrogens (tertiary/aromatic N) is 1. The summed E-state index contributed by atoms with van der Waals surface area (Å²) in [5.74, 6) is -2.50. The number of hydrogen-bond acceptors (Lipinski definition) is 7. The average Bonchev–Trinajstić information content (AvgIpc) is 2.63. The van der Waals surface area contributed by atoms with Crippen molar-refractivity contribution in [2.45, 2.75) is 44.6 Å². The number of unbranched alkanes of at least 4 members (excludes halogenated alkanes) is 2. The predicted octanol–water partition coefficient (Wildman–Crippen LogP) is 2.29. The van der Waals surface area contributed by atoms with Gasteiger partial charge < -0.3 is 33.9 Å². The van der Waals surface area contributed by atoms with Crippen LogP contribution >= 0.6 is 15.2 Å². The van der Waals surface area contributed by atoms with E-state index >= 15 is 0 Å². The van der Waals surface area contributed by atoms with Crippen LogP contribution < -0.4 is 4.74 Å². The molecule has 0 aromatic heterocycles. The highest BCUT2D eigenvalue weighted by molar-refractivity contribution is 7.72. The van der Waals surface area contributed by atoms with E-state index in [1.165, 1.54) is 18.2 Å². The van der Waals surface area contributed by atoms with Gasteiger partial charge in [-0.3, -0.25) is 13.9 Å². The first-order chi connectivity index (χ1) is 14.2. The van der Waals surface area contributed by atoms with Crippen LogP contribution in [0, 0.1) is 0 Å². The highest BCUT2D eigenvalue weighted by Gasteiger charge is 2.64. The maximum absolute atomic E-state index is 12.7. The third kappa shape index (κ3) is 7.50. The largest absolute Gasteiger partial charge is 0.429 e. The minimum Gasteiger partial charge on any atom is -0.429 e. The third-order valence-electron chi connectivity index (χ3n) is 4.49. The normalized spacial score (nSPS) is 12.6. The van der Waals surface area contributed by atoms with Crippen molar-refractivity contribution in [1.29, 1.82) is 0 Å². The molecule has 1 rings (SSSR count). The molecule has 0 unspecified atom stereocenters. The number of benzene rings is 1. The quantitative estimate of drug-likeness (QED) is 0.149. The molecule has 0 aliphatic rings. The van der Waals surface area contributed by atoms with Crippen LogP contribution in [0.1, 0.15) is 49.9 Å². The second-order valence-electron chi connectivity index (χ2n) is 7.07. The van der Waals surface area contributed by atoms with Crippen LogP contribution in [0.5, 0.6) is 5.75 Å². The maximum atomic E-state index is 12.7. The van der Waals surface area contributed by atoms with Gasteiger partial charge >= 0.3 is 32.2 Å². The molecule has 176 valence electrons. The Morgan fingerprint density at radius 3 is 2.13 bits per heavy atom. The van der Waals surface area contributed by atoms with E-state index in [1.54, 1.807) is 11.9 Å². The molecule has 1 aromatic rings. The first-order valence-electron chi connectivity index (χ1n) is 9.55. The fourth-order valence-electron chi connectivity index (χ4n) is 2.79. The Morgan fingerprint density at radius 2 is 1.61 bits per heavy atom. The fourth-order valence-corrected chi connectivity index (χ4v) is 5.34.